The lowest BCUT2D eigenvalue weighted by molar-refractivity contribution is -0.209. The summed E-state index contributed by atoms with van der Waals surface area (Å²) in [6, 6.07) is 3.04. The minimum absolute atomic E-state index is 0.441. The first-order valence-corrected chi connectivity index (χ1v) is 8.22. The summed E-state index contributed by atoms with van der Waals surface area (Å²) in [7, 11) is 0. The van der Waals surface area contributed by atoms with E-state index < -0.39 is 57.5 Å². The fourth-order valence-corrected chi connectivity index (χ4v) is 2.91. The summed E-state index contributed by atoms with van der Waals surface area (Å²) in [5.41, 5.74) is -2.34. The fraction of sp³-hybridized carbons (Fsp3) is 0.600. The molecule has 0 bridgehead atoms. The number of aliphatic hydroxyl groups excluding tert-OH is 1. The largest absolute Gasteiger partial charge is 0.598 e. The first-order valence-electron chi connectivity index (χ1n) is 7.07. The van der Waals surface area contributed by atoms with Crippen LogP contribution in [0.5, 0.6) is 0 Å². The Balaban J connectivity index is 3.32. The van der Waals surface area contributed by atoms with E-state index in [1.165, 1.54) is 0 Å². The number of hydrogen-bond acceptors (Lipinski definition) is 3. The molecule has 3 nitrogen and oxygen atoms in total. The van der Waals surface area contributed by atoms with Gasteiger partial charge >= 0.3 is 6.18 Å². The van der Waals surface area contributed by atoms with E-state index in [0.29, 0.717) is 0 Å². The Morgan fingerprint density at radius 1 is 1.17 bits per heavy atom. The van der Waals surface area contributed by atoms with Crippen molar-refractivity contribution in [3.63, 3.8) is 0 Å². The summed E-state index contributed by atoms with van der Waals surface area (Å²) < 4.78 is 79.6. The number of hydrogen-bond donors (Lipinski definition) is 2. The zero-order chi connectivity index (χ0) is 18.9. The molecule has 24 heavy (non-hydrogen) atoms. The Kier molecular flexibility index (Phi) is 6.30. The van der Waals surface area contributed by atoms with Crippen molar-refractivity contribution in [1.29, 1.82) is 0 Å². The van der Waals surface area contributed by atoms with Gasteiger partial charge < -0.3 is 9.66 Å². The maximum Gasteiger partial charge on any atom is 0.414 e. The quantitative estimate of drug-likeness (QED) is 0.613. The normalized spacial score (nSPS) is 18.1. The molecular formula is C15H20F5NO2S. The van der Waals surface area contributed by atoms with Gasteiger partial charge in [-0.2, -0.15) is 13.2 Å². The van der Waals surface area contributed by atoms with Gasteiger partial charge in [0.15, 0.2) is 17.7 Å². The van der Waals surface area contributed by atoms with E-state index in [4.69, 9.17) is 0 Å². The second-order valence-electron chi connectivity index (χ2n) is 6.68. The molecule has 0 heterocycles. The Morgan fingerprint density at radius 3 is 2.17 bits per heavy atom. The van der Waals surface area contributed by atoms with Gasteiger partial charge in [0.1, 0.15) is 4.75 Å². The van der Waals surface area contributed by atoms with Crippen molar-refractivity contribution in [2.45, 2.75) is 56.7 Å². The third kappa shape index (κ3) is 5.05. The van der Waals surface area contributed by atoms with Gasteiger partial charge in [0.2, 0.25) is 0 Å². The molecule has 3 atom stereocenters. The predicted octanol–water partition coefficient (Wildman–Crippen LogP) is 3.55. The number of halogens is 5. The number of alkyl halides is 3. The van der Waals surface area contributed by atoms with Gasteiger partial charge in [-0.15, -0.1) is 4.72 Å². The molecule has 1 rings (SSSR count). The highest BCUT2D eigenvalue weighted by Gasteiger charge is 2.47. The SMILES string of the molecule is CC(C)(C)[S@@+]([O-])N[C@@](C)(C[C@H](O)C(F)(F)F)c1cccc(F)c1F. The van der Waals surface area contributed by atoms with E-state index in [-0.39, 0.29) is 0 Å². The minimum atomic E-state index is -4.95. The Hall–Kier alpha value is -0.900. The first-order chi connectivity index (χ1) is 10.7. The second-order valence-corrected chi connectivity index (χ2v) is 8.64. The third-order valence-electron chi connectivity index (χ3n) is 3.40. The molecule has 0 aliphatic heterocycles. The Morgan fingerprint density at radius 2 is 1.71 bits per heavy atom. The van der Waals surface area contributed by atoms with Crippen LogP contribution in [0.2, 0.25) is 0 Å². The van der Waals surface area contributed by atoms with Crippen molar-refractivity contribution in [3.05, 3.63) is 35.4 Å². The highest BCUT2D eigenvalue weighted by molar-refractivity contribution is 7.90. The van der Waals surface area contributed by atoms with Crippen molar-refractivity contribution in [2.75, 3.05) is 0 Å². The van der Waals surface area contributed by atoms with E-state index in [9.17, 15) is 31.6 Å². The zero-order valence-corrected chi connectivity index (χ0v) is 14.5. The van der Waals surface area contributed by atoms with E-state index in [1.54, 1.807) is 20.8 Å². The molecule has 0 aliphatic carbocycles. The van der Waals surface area contributed by atoms with Gasteiger partial charge in [-0.3, -0.25) is 0 Å². The number of nitrogens with one attached hydrogen (secondary N) is 1. The van der Waals surface area contributed by atoms with Crippen LogP contribution in [0.3, 0.4) is 0 Å². The highest BCUT2D eigenvalue weighted by Crippen LogP contribution is 2.36. The summed E-state index contributed by atoms with van der Waals surface area (Å²) in [5, 5.41) is 9.38. The lowest BCUT2D eigenvalue weighted by Crippen LogP contribution is -2.53. The van der Waals surface area contributed by atoms with Gasteiger partial charge in [-0.25, -0.2) is 8.78 Å². The van der Waals surface area contributed by atoms with Crippen molar-refractivity contribution in [1.82, 2.24) is 4.72 Å². The van der Waals surface area contributed by atoms with Crippen LogP contribution in [0.15, 0.2) is 18.2 Å². The van der Waals surface area contributed by atoms with Crippen LogP contribution in [0.25, 0.3) is 0 Å². The Labute approximate surface area is 140 Å². The predicted molar refractivity (Wildman–Crippen MR) is 81.4 cm³/mol. The van der Waals surface area contributed by atoms with Crippen LogP contribution in [0.1, 0.15) is 39.7 Å². The maximum absolute atomic E-state index is 14.1. The summed E-state index contributed by atoms with van der Waals surface area (Å²) in [5.74, 6) is -2.60. The van der Waals surface area contributed by atoms with Gasteiger partial charge in [-0.1, -0.05) is 12.1 Å². The molecular weight excluding hydrogens is 353 g/mol. The molecule has 0 fully saturated rings. The maximum atomic E-state index is 14.1. The van der Waals surface area contributed by atoms with Crippen LogP contribution < -0.4 is 4.72 Å². The van der Waals surface area contributed by atoms with Crippen LogP contribution in [-0.4, -0.2) is 26.7 Å². The molecule has 1 aromatic carbocycles. The number of benzene rings is 1. The molecule has 1 aromatic rings. The molecule has 2 N–H and O–H groups in total. The monoisotopic (exact) mass is 373 g/mol. The summed E-state index contributed by atoms with van der Waals surface area (Å²) in [6.45, 7) is 5.85. The molecule has 9 heteroatoms. The topological polar surface area (TPSA) is 55.3 Å². The number of rotatable bonds is 5. The smallest absolute Gasteiger partial charge is 0.414 e. The van der Waals surface area contributed by atoms with E-state index in [1.807, 2.05) is 0 Å². The first kappa shape index (κ1) is 21.1. The standard InChI is InChI=1S/C15H20F5NO2S/c1-13(2,3)24(23)21-14(4,8-11(22)15(18,19)20)9-6-5-7-10(16)12(9)17/h5-7,11,21-22H,8H2,1-4H3/t11-,14-,24+/m0/s1. The molecule has 0 spiro atoms. The molecule has 138 valence electrons. The van der Waals surface area contributed by atoms with E-state index in [0.717, 1.165) is 25.1 Å². The summed E-state index contributed by atoms with van der Waals surface area (Å²) in [6.07, 6.45) is -8.77. The van der Waals surface area contributed by atoms with Crippen LogP contribution in [0, 0.1) is 11.6 Å². The van der Waals surface area contributed by atoms with Gasteiger partial charge in [0, 0.05) is 23.3 Å². The van der Waals surface area contributed by atoms with E-state index >= 15 is 0 Å². The molecule has 0 saturated carbocycles. The fourth-order valence-electron chi connectivity index (χ4n) is 2.00. The molecule has 0 amide bonds. The van der Waals surface area contributed by atoms with E-state index in [2.05, 4.69) is 4.72 Å². The van der Waals surface area contributed by atoms with Crippen LogP contribution in [-0.2, 0) is 16.9 Å². The second kappa shape index (κ2) is 7.15. The van der Waals surface area contributed by atoms with Crippen molar-refractivity contribution >= 4 is 11.4 Å². The minimum Gasteiger partial charge on any atom is -0.598 e. The Bertz CT molecular complexity index is 552. The molecule has 0 radical (unpaired) electrons. The number of aliphatic hydroxyl groups is 1. The third-order valence-corrected chi connectivity index (χ3v) is 5.15. The molecule has 0 aliphatic rings. The molecule has 0 unspecified atom stereocenters. The lowest BCUT2D eigenvalue weighted by atomic mass is 9.86. The lowest BCUT2D eigenvalue weighted by Gasteiger charge is -2.36. The summed E-state index contributed by atoms with van der Waals surface area (Å²) >= 11 is -1.88. The van der Waals surface area contributed by atoms with Crippen molar-refractivity contribution < 1.29 is 31.6 Å². The average Bonchev–Trinajstić information content (AvgIpc) is 2.39. The van der Waals surface area contributed by atoms with Gasteiger partial charge in [0.25, 0.3) is 0 Å². The highest BCUT2D eigenvalue weighted by atomic mass is 32.2. The van der Waals surface area contributed by atoms with Gasteiger partial charge in [0.05, 0.1) is 5.54 Å². The van der Waals surface area contributed by atoms with Crippen molar-refractivity contribution in [3.8, 4) is 0 Å². The summed E-state index contributed by atoms with van der Waals surface area (Å²) in [4.78, 5) is 0. The average molecular weight is 373 g/mol. The zero-order valence-electron chi connectivity index (χ0n) is 13.7. The molecule has 0 aromatic heterocycles. The van der Waals surface area contributed by atoms with Crippen LogP contribution in [0.4, 0.5) is 22.0 Å². The van der Waals surface area contributed by atoms with Crippen LogP contribution >= 0.6 is 0 Å². The van der Waals surface area contributed by atoms with Gasteiger partial charge in [-0.05, 0) is 33.8 Å². The van der Waals surface area contributed by atoms with Crippen molar-refractivity contribution in [2.24, 2.45) is 0 Å². The molecule has 0 saturated heterocycles.